The Morgan fingerprint density at radius 3 is 2.21 bits per heavy atom. The Hall–Kier alpha value is -0.370. The van der Waals surface area contributed by atoms with Crippen molar-refractivity contribution < 1.29 is 9.53 Å². The summed E-state index contributed by atoms with van der Waals surface area (Å²) in [7, 11) is 0. The highest BCUT2D eigenvalue weighted by atomic mass is 16.5. The number of ketones is 1. The molecule has 0 amide bonds. The first-order chi connectivity index (χ1) is 6.33. The second-order valence-corrected chi connectivity index (χ2v) is 5.29. The fourth-order valence-corrected chi connectivity index (χ4v) is 0.942. The van der Waals surface area contributed by atoms with Gasteiger partial charge in [-0.1, -0.05) is 34.6 Å². The molecule has 0 aromatic carbocycles. The monoisotopic (exact) mass is 200 g/mol. The summed E-state index contributed by atoms with van der Waals surface area (Å²) in [6, 6.07) is 0. The molecule has 0 aliphatic heterocycles. The average Bonchev–Trinajstić information content (AvgIpc) is 2.01. The van der Waals surface area contributed by atoms with Gasteiger partial charge in [0.15, 0.2) is 0 Å². The third-order valence-corrected chi connectivity index (χ3v) is 2.13. The molecular formula is C12H24O2. The summed E-state index contributed by atoms with van der Waals surface area (Å²) in [5.41, 5.74) is 0.321. The lowest BCUT2D eigenvalue weighted by Crippen LogP contribution is -2.13. The molecule has 0 N–H and O–H groups in total. The van der Waals surface area contributed by atoms with Crippen molar-refractivity contribution in [2.24, 2.45) is 11.3 Å². The van der Waals surface area contributed by atoms with Crippen molar-refractivity contribution in [2.75, 3.05) is 13.2 Å². The predicted molar refractivity (Wildman–Crippen MR) is 59.4 cm³/mol. The minimum Gasteiger partial charge on any atom is -0.381 e. The van der Waals surface area contributed by atoms with Crippen LogP contribution in [0.3, 0.4) is 0 Å². The molecule has 2 heteroatoms. The van der Waals surface area contributed by atoms with E-state index in [0.717, 1.165) is 13.0 Å². The molecule has 0 aliphatic carbocycles. The fourth-order valence-electron chi connectivity index (χ4n) is 0.942. The summed E-state index contributed by atoms with van der Waals surface area (Å²) in [5.74, 6) is 0.432. The summed E-state index contributed by atoms with van der Waals surface area (Å²) in [6.07, 6.45) is 1.60. The molecule has 0 heterocycles. The van der Waals surface area contributed by atoms with E-state index in [1.54, 1.807) is 0 Å². The number of carbonyl (C=O) groups excluding carboxylic acids is 1. The Bertz CT molecular complexity index is 166. The smallest absolute Gasteiger partial charge is 0.137 e. The van der Waals surface area contributed by atoms with E-state index in [0.29, 0.717) is 24.2 Å². The van der Waals surface area contributed by atoms with Crippen LogP contribution >= 0.6 is 0 Å². The highest BCUT2D eigenvalue weighted by molar-refractivity contribution is 5.80. The quantitative estimate of drug-likeness (QED) is 0.616. The van der Waals surface area contributed by atoms with E-state index in [-0.39, 0.29) is 5.92 Å². The maximum atomic E-state index is 11.2. The van der Waals surface area contributed by atoms with Crippen molar-refractivity contribution in [3.63, 3.8) is 0 Å². The van der Waals surface area contributed by atoms with Gasteiger partial charge in [-0.25, -0.2) is 0 Å². The molecule has 0 rings (SSSR count). The topological polar surface area (TPSA) is 26.3 Å². The van der Waals surface area contributed by atoms with Crippen molar-refractivity contribution in [3.8, 4) is 0 Å². The van der Waals surface area contributed by atoms with E-state index < -0.39 is 0 Å². The molecule has 0 aromatic heterocycles. The first-order valence-corrected chi connectivity index (χ1v) is 5.43. The lowest BCUT2D eigenvalue weighted by molar-refractivity contribution is -0.123. The highest BCUT2D eigenvalue weighted by Gasteiger charge is 2.10. The van der Waals surface area contributed by atoms with E-state index in [2.05, 4.69) is 20.8 Å². The second-order valence-electron chi connectivity index (χ2n) is 5.29. The Kier molecular flexibility index (Phi) is 6.01. The van der Waals surface area contributed by atoms with Crippen LogP contribution < -0.4 is 0 Å². The van der Waals surface area contributed by atoms with Gasteiger partial charge in [-0.3, -0.25) is 4.79 Å². The van der Waals surface area contributed by atoms with Crippen LogP contribution in [-0.2, 0) is 9.53 Å². The van der Waals surface area contributed by atoms with E-state index in [9.17, 15) is 4.79 Å². The van der Waals surface area contributed by atoms with E-state index in [4.69, 9.17) is 4.74 Å². The number of ether oxygens (including phenoxy) is 1. The van der Waals surface area contributed by atoms with E-state index in [1.807, 2.05) is 13.8 Å². The normalized spacial score (nSPS) is 12.1. The molecule has 0 unspecified atom stereocenters. The molecule has 0 saturated carbocycles. The molecule has 0 saturated heterocycles. The first-order valence-electron chi connectivity index (χ1n) is 5.43. The maximum absolute atomic E-state index is 11.2. The minimum atomic E-state index is 0.140. The van der Waals surface area contributed by atoms with Crippen LogP contribution in [0.1, 0.15) is 47.5 Å². The number of carbonyl (C=O) groups is 1. The van der Waals surface area contributed by atoms with Crippen molar-refractivity contribution in [2.45, 2.75) is 47.5 Å². The van der Waals surface area contributed by atoms with Crippen molar-refractivity contribution >= 4 is 5.78 Å². The molecule has 0 atom stereocenters. The van der Waals surface area contributed by atoms with Crippen LogP contribution in [-0.4, -0.2) is 19.0 Å². The molecular weight excluding hydrogens is 176 g/mol. The molecule has 0 spiro atoms. The Labute approximate surface area is 88.0 Å². The van der Waals surface area contributed by atoms with Gasteiger partial charge in [0.25, 0.3) is 0 Å². The summed E-state index contributed by atoms with van der Waals surface area (Å²) < 4.78 is 5.41. The number of rotatable bonds is 6. The number of hydrogen-bond donors (Lipinski definition) is 0. The largest absolute Gasteiger partial charge is 0.381 e. The zero-order valence-corrected chi connectivity index (χ0v) is 10.2. The average molecular weight is 200 g/mol. The molecule has 2 nitrogen and oxygen atoms in total. The molecule has 84 valence electrons. The van der Waals surface area contributed by atoms with Crippen LogP contribution in [0.4, 0.5) is 0 Å². The van der Waals surface area contributed by atoms with Gasteiger partial charge in [0, 0.05) is 18.9 Å². The summed E-state index contributed by atoms with van der Waals surface area (Å²) in [6.45, 7) is 11.8. The molecule has 0 aromatic rings. The van der Waals surface area contributed by atoms with Gasteiger partial charge >= 0.3 is 0 Å². The van der Waals surface area contributed by atoms with E-state index >= 15 is 0 Å². The maximum Gasteiger partial charge on any atom is 0.137 e. The van der Waals surface area contributed by atoms with Crippen LogP contribution in [0.25, 0.3) is 0 Å². The highest BCUT2D eigenvalue weighted by Crippen LogP contribution is 2.17. The number of hydrogen-bond acceptors (Lipinski definition) is 2. The SMILES string of the molecule is CC(C)C(=O)CCOCCC(C)(C)C. The number of Topliss-reactive ketones (excluding diaryl/α,β-unsaturated/α-hetero) is 1. The molecule has 0 radical (unpaired) electrons. The first kappa shape index (κ1) is 13.6. The van der Waals surface area contributed by atoms with Gasteiger partial charge in [0.1, 0.15) is 5.78 Å². The predicted octanol–water partition coefficient (Wildman–Crippen LogP) is 3.05. The third-order valence-electron chi connectivity index (χ3n) is 2.13. The lowest BCUT2D eigenvalue weighted by atomic mass is 9.93. The Morgan fingerprint density at radius 2 is 1.79 bits per heavy atom. The van der Waals surface area contributed by atoms with Gasteiger partial charge in [-0.15, -0.1) is 0 Å². The lowest BCUT2D eigenvalue weighted by Gasteiger charge is -2.17. The van der Waals surface area contributed by atoms with Crippen LogP contribution in [0.15, 0.2) is 0 Å². The Morgan fingerprint density at radius 1 is 1.21 bits per heavy atom. The van der Waals surface area contributed by atoms with Gasteiger partial charge in [-0.2, -0.15) is 0 Å². The van der Waals surface area contributed by atoms with Gasteiger partial charge in [-0.05, 0) is 11.8 Å². The fraction of sp³-hybridized carbons (Fsp3) is 0.917. The molecule has 0 aliphatic rings. The second kappa shape index (κ2) is 6.18. The van der Waals surface area contributed by atoms with Crippen LogP contribution in [0.5, 0.6) is 0 Å². The minimum absolute atomic E-state index is 0.140. The van der Waals surface area contributed by atoms with Gasteiger partial charge < -0.3 is 4.74 Å². The van der Waals surface area contributed by atoms with Gasteiger partial charge in [0.2, 0.25) is 0 Å². The zero-order chi connectivity index (χ0) is 11.2. The van der Waals surface area contributed by atoms with Gasteiger partial charge in [0.05, 0.1) is 6.61 Å². The van der Waals surface area contributed by atoms with Crippen LogP contribution in [0.2, 0.25) is 0 Å². The van der Waals surface area contributed by atoms with Crippen molar-refractivity contribution in [1.82, 2.24) is 0 Å². The van der Waals surface area contributed by atoms with Crippen molar-refractivity contribution in [1.29, 1.82) is 0 Å². The Balaban J connectivity index is 3.35. The summed E-state index contributed by atoms with van der Waals surface area (Å²) >= 11 is 0. The van der Waals surface area contributed by atoms with E-state index in [1.165, 1.54) is 0 Å². The van der Waals surface area contributed by atoms with Crippen LogP contribution in [0, 0.1) is 11.3 Å². The molecule has 0 fully saturated rings. The third kappa shape index (κ3) is 8.24. The molecule has 14 heavy (non-hydrogen) atoms. The summed E-state index contributed by atoms with van der Waals surface area (Å²) in [5, 5.41) is 0. The standard InChI is InChI=1S/C12H24O2/c1-10(2)11(13)6-8-14-9-7-12(3,4)5/h10H,6-9H2,1-5H3. The molecule has 0 bridgehead atoms. The zero-order valence-electron chi connectivity index (χ0n) is 10.2. The summed E-state index contributed by atoms with van der Waals surface area (Å²) in [4.78, 5) is 11.2. The van der Waals surface area contributed by atoms with Crippen molar-refractivity contribution in [3.05, 3.63) is 0 Å².